The van der Waals surface area contributed by atoms with Gasteiger partial charge in [-0.3, -0.25) is 4.79 Å². The first-order chi connectivity index (χ1) is 8.30. The minimum atomic E-state index is -0.807. The van der Waals surface area contributed by atoms with Crippen LogP contribution in [0.2, 0.25) is 0 Å². The second-order valence-electron chi connectivity index (χ2n) is 5.71. The molecule has 3 nitrogen and oxygen atoms in total. The molecule has 0 aromatic heterocycles. The third kappa shape index (κ3) is 4.49. The number of nitrogens with one attached hydrogen (secondary N) is 1. The van der Waals surface area contributed by atoms with Crippen molar-refractivity contribution in [1.82, 2.24) is 5.32 Å². The zero-order chi connectivity index (χ0) is 13.8. The van der Waals surface area contributed by atoms with Crippen molar-refractivity contribution in [3.05, 3.63) is 35.4 Å². The highest BCUT2D eigenvalue weighted by Gasteiger charge is 2.13. The molecule has 0 aliphatic carbocycles. The van der Waals surface area contributed by atoms with Crippen LogP contribution in [-0.4, -0.2) is 23.7 Å². The van der Waals surface area contributed by atoms with Crippen LogP contribution in [0.5, 0.6) is 0 Å². The van der Waals surface area contributed by atoms with Crippen LogP contribution in [0.15, 0.2) is 24.3 Å². The van der Waals surface area contributed by atoms with E-state index >= 15 is 0 Å². The Morgan fingerprint density at radius 3 is 2.28 bits per heavy atom. The zero-order valence-electron chi connectivity index (χ0n) is 11.7. The van der Waals surface area contributed by atoms with Gasteiger partial charge in [-0.1, -0.05) is 45.0 Å². The van der Waals surface area contributed by atoms with Crippen molar-refractivity contribution >= 4 is 5.97 Å². The molecule has 18 heavy (non-hydrogen) atoms. The Kier molecular flexibility index (Phi) is 4.91. The van der Waals surface area contributed by atoms with Gasteiger partial charge in [0, 0.05) is 0 Å². The lowest BCUT2D eigenvalue weighted by molar-refractivity contribution is -0.138. The number of benzene rings is 1. The van der Waals surface area contributed by atoms with Crippen LogP contribution in [0.25, 0.3) is 0 Å². The maximum Gasteiger partial charge on any atom is 0.320 e. The molecular formula is C15H23NO2. The summed E-state index contributed by atoms with van der Waals surface area (Å²) in [5.41, 5.74) is 2.72. The SMILES string of the molecule is C[C@H](NCCc1ccc(C(C)(C)C)cc1)C(=O)O. The van der Waals surface area contributed by atoms with Crippen molar-refractivity contribution in [2.24, 2.45) is 0 Å². The molecule has 0 unspecified atom stereocenters. The van der Waals surface area contributed by atoms with E-state index in [-0.39, 0.29) is 5.41 Å². The van der Waals surface area contributed by atoms with Gasteiger partial charge >= 0.3 is 5.97 Å². The van der Waals surface area contributed by atoms with Gasteiger partial charge in [0.15, 0.2) is 0 Å². The Balaban J connectivity index is 2.47. The first-order valence-electron chi connectivity index (χ1n) is 6.36. The van der Waals surface area contributed by atoms with Crippen LogP contribution in [0, 0.1) is 0 Å². The summed E-state index contributed by atoms with van der Waals surface area (Å²) in [5.74, 6) is -0.807. The quantitative estimate of drug-likeness (QED) is 0.843. The molecule has 3 heteroatoms. The molecule has 0 aliphatic heterocycles. The second kappa shape index (κ2) is 6.01. The van der Waals surface area contributed by atoms with Gasteiger partial charge in [0.25, 0.3) is 0 Å². The van der Waals surface area contributed by atoms with E-state index in [0.717, 1.165) is 6.42 Å². The van der Waals surface area contributed by atoms with Crippen LogP contribution in [0.3, 0.4) is 0 Å². The predicted octanol–water partition coefficient (Wildman–Crippen LogP) is 2.59. The van der Waals surface area contributed by atoms with Gasteiger partial charge in [-0.05, 0) is 36.4 Å². The van der Waals surface area contributed by atoms with Crippen LogP contribution in [0.1, 0.15) is 38.8 Å². The Hall–Kier alpha value is -1.35. The minimum Gasteiger partial charge on any atom is -0.480 e. The smallest absolute Gasteiger partial charge is 0.320 e. The van der Waals surface area contributed by atoms with Crippen LogP contribution in [-0.2, 0) is 16.6 Å². The monoisotopic (exact) mass is 249 g/mol. The predicted molar refractivity (Wildman–Crippen MR) is 73.9 cm³/mol. The number of rotatable bonds is 5. The van der Waals surface area contributed by atoms with E-state index < -0.39 is 12.0 Å². The second-order valence-corrected chi connectivity index (χ2v) is 5.71. The summed E-state index contributed by atoms with van der Waals surface area (Å²) >= 11 is 0. The summed E-state index contributed by atoms with van der Waals surface area (Å²) in [6.45, 7) is 8.92. The molecule has 0 fully saturated rings. The van der Waals surface area contributed by atoms with Gasteiger partial charge in [0.2, 0.25) is 0 Å². The summed E-state index contributed by atoms with van der Waals surface area (Å²) in [6.07, 6.45) is 0.849. The molecule has 0 radical (unpaired) electrons. The Bertz CT molecular complexity index is 390. The van der Waals surface area contributed by atoms with Gasteiger partial charge in [-0.2, -0.15) is 0 Å². The van der Waals surface area contributed by atoms with E-state index in [1.54, 1.807) is 6.92 Å². The number of carboxylic acids is 1. The average molecular weight is 249 g/mol. The lowest BCUT2D eigenvalue weighted by atomic mass is 9.86. The van der Waals surface area contributed by atoms with Gasteiger partial charge in [-0.25, -0.2) is 0 Å². The molecule has 0 amide bonds. The molecule has 2 N–H and O–H groups in total. The molecule has 0 spiro atoms. The molecule has 1 aromatic carbocycles. The van der Waals surface area contributed by atoms with Crippen LogP contribution >= 0.6 is 0 Å². The van der Waals surface area contributed by atoms with E-state index in [1.165, 1.54) is 11.1 Å². The van der Waals surface area contributed by atoms with Crippen molar-refractivity contribution in [2.75, 3.05) is 6.54 Å². The van der Waals surface area contributed by atoms with Gasteiger partial charge in [0.1, 0.15) is 6.04 Å². The molecular weight excluding hydrogens is 226 g/mol. The highest BCUT2D eigenvalue weighted by atomic mass is 16.4. The summed E-state index contributed by atoms with van der Waals surface area (Å²) in [5, 5.41) is 11.7. The van der Waals surface area contributed by atoms with Crippen molar-refractivity contribution in [3.63, 3.8) is 0 Å². The fourth-order valence-corrected chi connectivity index (χ4v) is 1.69. The van der Waals surface area contributed by atoms with Gasteiger partial charge in [0.05, 0.1) is 0 Å². The summed E-state index contributed by atoms with van der Waals surface area (Å²) in [4.78, 5) is 10.6. The lowest BCUT2D eigenvalue weighted by Crippen LogP contribution is -2.34. The molecule has 0 aliphatic rings. The van der Waals surface area contributed by atoms with Gasteiger partial charge in [-0.15, -0.1) is 0 Å². The fraction of sp³-hybridized carbons (Fsp3) is 0.533. The summed E-state index contributed by atoms with van der Waals surface area (Å²) in [7, 11) is 0. The van der Waals surface area contributed by atoms with Crippen molar-refractivity contribution in [3.8, 4) is 0 Å². The van der Waals surface area contributed by atoms with E-state index in [9.17, 15) is 4.79 Å². The summed E-state index contributed by atoms with van der Waals surface area (Å²) < 4.78 is 0. The molecule has 1 rings (SSSR count). The van der Waals surface area contributed by atoms with Crippen LogP contribution in [0.4, 0.5) is 0 Å². The highest BCUT2D eigenvalue weighted by molar-refractivity contribution is 5.72. The summed E-state index contributed by atoms with van der Waals surface area (Å²) in [6, 6.07) is 8.05. The molecule has 0 saturated carbocycles. The molecule has 0 bridgehead atoms. The standard InChI is InChI=1S/C15H23NO2/c1-11(14(17)18)16-10-9-12-5-7-13(8-6-12)15(2,3)4/h5-8,11,16H,9-10H2,1-4H3,(H,17,18)/t11-/m0/s1. The number of carboxylic acid groups (broad SMARTS) is 1. The maximum atomic E-state index is 10.6. The van der Waals surface area contributed by atoms with E-state index in [1.807, 2.05) is 0 Å². The number of hydrogen-bond donors (Lipinski definition) is 2. The topological polar surface area (TPSA) is 49.3 Å². The number of aliphatic carboxylic acids is 1. The maximum absolute atomic E-state index is 10.6. The fourth-order valence-electron chi connectivity index (χ4n) is 1.69. The Morgan fingerprint density at radius 2 is 1.83 bits per heavy atom. The Morgan fingerprint density at radius 1 is 1.28 bits per heavy atom. The van der Waals surface area contributed by atoms with E-state index in [0.29, 0.717) is 6.54 Å². The molecule has 1 atom stereocenters. The van der Waals surface area contributed by atoms with Gasteiger partial charge < -0.3 is 10.4 Å². The third-order valence-corrected chi connectivity index (χ3v) is 3.05. The molecule has 0 saturated heterocycles. The Labute approximate surface area is 109 Å². The largest absolute Gasteiger partial charge is 0.480 e. The average Bonchev–Trinajstić information content (AvgIpc) is 2.28. The minimum absolute atomic E-state index is 0.175. The van der Waals surface area contributed by atoms with Crippen molar-refractivity contribution in [1.29, 1.82) is 0 Å². The van der Waals surface area contributed by atoms with E-state index in [4.69, 9.17) is 5.11 Å². The first kappa shape index (κ1) is 14.7. The molecule has 0 heterocycles. The van der Waals surface area contributed by atoms with Crippen LogP contribution < -0.4 is 5.32 Å². The zero-order valence-corrected chi connectivity index (χ0v) is 11.7. The number of carbonyl (C=O) groups is 1. The molecule has 1 aromatic rings. The highest BCUT2D eigenvalue weighted by Crippen LogP contribution is 2.22. The third-order valence-electron chi connectivity index (χ3n) is 3.05. The normalized spacial score (nSPS) is 13.3. The van der Waals surface area contributed by atoms with E-state index in [2.05, 4.69) is 50.4 Å². The molecule has 100 valence electrons. The first-order valence-corrected chi connectivity index (χ1v) is 6.36. The van der Waals surface area contributed by atoms with Crippen molar-refractivity contribution in [2.45, 2.75) is 45.6 Å². The lowest BCUT2D eigenvalue weighted by Gasteiger charge is -2.19. The number of hydrogen-bond acceptors (Lipinski definition) is 2. The van der Waals surface area contributed by atoms with Crippen molar-refractivity contribution < 1.29 is 9.90 Å².